The van der Waals surface area contributed by atoms with Crippen LogP contribution in [-0.2, 0) is 0 Å². The van der Waals surface area contributed by atoms with E-state index >= 15 is 0 Å². The van der Waals surface area contributed by atoms with E-state index in [0.29, 0.717) is 0 Å². The Bertz CT molecular complexity index is 310. The van der Waals surface area contributed by atoms with Gasteiger partial charge in [0, 0.05) is 0 Å². The Morgan fingerprint density at radius 2 is 1.69 bits per heavy atom. The molecular weight excluding hydrogens is 200 g/mol. The number of aliphatic hydroxyl groups is 1. The van der Waals surface area contributed by atoms with E-state index in [1.54, 1.807) is 6.92 Å². The van der Waals surface area contributed by atoms with Gasteiger partial charge in [-0.3, -0.25) is 0 Å². The predicted molar refractivity (Wildman–Crippen MR) is 66.7 cm³/mol. The van der Waals surface area contributed by atoms with E-state index in [1.807, 2.05) is 24.3 Å². The van der Waals surface area contributed by atoms with Crippen LogP contribution in [-0.4, -0.2) is 10.7 Å². The lowest BCUT2D eigenvalue weighted by atomic mass is 10.00. The van der Waals surface area contributed by atoms with Gasteiger partial charge in [0.2, 0.25) is 0 Å². The monoisotopic (exact) mass is 222 g/mol. The third-order valence-electron chi connectivity index (χ3n) is 3.22. The highest BCUT2D eigenvalue weighted by atomic mass is 16.5. The Hall–Kier alpha value is -1.02. The fourth-order valence-corrected chi connectivity index (χ4v) is 1.49. The topological polar surface area (TPSA) is 29.5 Å². The highest BCUT2D eigenvalue weighted by Gasteiger charge is 2.21. The van der Waals surface area contributed by atoms with Crippen LogP contribution in [0.4, 0.5) is 0 Å². The molecular formula is C14H22O2. The number of aliphatic hydroxyl groups excluding tert-OH is 1. The second-order valence-corrected chi connectivity index (χ2v) is 4.50. The summed E-state index contributed by atoms with van der Waals surface area (Å²) < 4.78 is 5.95. The van der Waals surface area contributed by atoms with E-state index in [9.17, 15) is 5.11 Å². The molecule has 0 aliphatic carbocycles. The van der Waals surface area contributed by atoms with Crippen LogP contribution < -0.4 is 4.74 Å². The Morgan fingerprint density at radius 1 is 1.19 bits per heavy atom. The van der Waals surface area contributed by atoms with Crippen molar-refractivity contribution < 1.29 is 9.84 Å². The van der Waals surface area contributed by atoms with Gasteiger partial charge in [0.1, 0.15) is 11.4 Å². The predicted octanol–water partition coefficient (Wildman–Crippen LogP) is 3.70. The van der Waals surface area contributed by atoms with Gasteiger partial charge < -0.3 is 9.84 Å². The van der Waals surface area contributed by atoms with Crippen molar-refractivity contribution >= 4 is 0 Å². The van der Waals surface area contributed by atoms with Crippen LogP contribution in [0.2, 0.25) is 0 Å². The first kappa shape index (κ1) is 13.0. The molecule has 90 valence electrons. The summed E-state index contributed by atoms with van der Waals surface area (Å²) in [5.74, 6) is 0.871. The van der Waals surface area contributed by atoms with Gasteiger partial charge in [-0.1, -0.05) is 26.0 Å². The minimum absolute atomic E-state index is 0.0909. The second kappa shape index (κ2) is 5.35. The first-order valence-corrected chi connectivity index (χ1v) is 5.98. The Balaban J connectivity index is 2.75. The standard InChI is InChI=1S/C14H22O2/c1-5-14(4,6-2)16-13-9-7-12(8-10-13)11(3)15/h7-11,15H,5-6H2,1-4H3. The van der Waals surface area contributed by atoms with Crippen LogP contribution in [0.25, 0.3) is 0 Å². The van der Waals surface area contributed by atoms with Crippen molar-refractivity contribution in [2.24, 2.45) is 0 Å². The molecule has 0 fully saturated rings. The van der Waals surface area contributed by atoms with Crippen molar-refractivity contribution in [2.75, 3.05) is 0 Å². The zero-order chi connectivity index (χ0) is 12.2. The molecule has 1 rings (SSSR count). The van der Waals surface area contributed by atoms with Crippen molar-refractivity contribution in [3.05, 3.63) is 29.8 Å². The van der Waals surface area contributed by atoms with Gasteiger partial charge in [0.15, 0.2) is 0 Å². The summed E-state index contributed by atoms with van der Waals surface area (Å²) in [5, 5.41) is 9.40. The van der Waals surface area contributed by atoms with Crippen LogP contribution in [0.3, 0.4) is 0 Å². The van der Waals surface area contributed by atoms with E-state index in [2.05, 4.69) is 20.8 Å². The molecule has 0 aliphatic rings. The summed E-state index contributed by atoms with van der Waals surface area (Å²) in [6.45, 7) is 8.15. The molecule has 0 saturated carbocycles. The van der Waals surface area contributed by atoms with Crippen LogP contribution in [0.5, 0.6) is 5.75 Å². The molecule has 0 spiro atoms. The average Bonchev–Trinajstić information content (AvgIpc) is 2.29. The molecule has 16 heavy (non-hydrogen) atoms. The first-order valence-electron chi connectivity index (χ1n) is 5.98. The maximum Gasteiger partial charge on any atom is 0.120 e. The second-order valence-electron chi connectivity index (χ2n) is 4.50. The molecule has 0 aromatic heterocycles. The van der Waals surface area contributed by atoms with Crippen molar-refractivity contribution in [3.63, 3.8) is 0 Å². The number of hydrogen-bond donors (Lipinski definition) is 1. The highest BCUT2D eigenvalue weighted by molar-refractivity contribution is 5.28. The third-order valence-corrected chi connectivity index (χ3v) is 3.22. The maximum absolute atomic E-state index is 9.40. The van der Waals surface area contributed by atoms with Crippen LogP contribution in [0.1, 0.15) is 52.2 Å². The summed E-state index contributed by atoms with van der Waals surface area (Å²) in [6.07, 6.45) is 1.56. The smallest absolute Gasteiger partial charge is 0.120 e. The van der Waals surface area contributed by atoms with E-state index in [0.717, 1.165) is 24.2 Å². The van der Waals surface area contributed by atoms with Crippen molar-refractivity contribution in [1.29, 1.82) is 0 Å². The molecule has 1 atom stereocenters. The molecule has 0 radical (unpaired) electrons. The lowest BCUT2D eigenvalue weighted by Crippen LogP contribution is -2.30. The molecule has 0 aliphatic heterocycles. The van der Waals surface area contributed by atoms with Crippen molar-refractivity contribution in [1.82, 2.24) is 0 Å². The van der Waals surface area contributed by atoms with Gasteiger partial charge in [-0.05, 0) is 44.4 Å². The Labute approximate surface area is 98.3 Å². The average molecular weight is 222 g/mol. The molecule has 0 amide bonds. The van der Waals surface area contributed by atoms with Gasteiger partial charge in [0.05, 0.1) is 6.10 Å². The summed E-state index contributed by atoms with van der Waals surface area (Å²) in [4.78, 5) is 0. The lowest BCUT2D eigenvalue weighted by molar-refractivity contribution is 0.0802. The minimum Gasteiger partial charge on any atom is -0.488 e. The van der Waals surface area contributed by atoms with E-state index < -0.39 is 6.10 Å². The highest BCUT2D eigenvalue weighted by Crippen LogP contribution is 2.25. The van der Waals surface area contributed by atoms with Gasteiger partial charge in [-0.15, -0.1) is 0 Å². The van der Waals surface area contributed by atoms with Crippen LogP contribution in [0.15, 0.2) is 24.3 Å². The Morgan fingerprint density at radius 3 is 2.06 bits per heavy atom. The zero-order valence-electron chi connectivity index (χ0n) is 10.7. The molecule has 2 heteroatoms. The van der Waals surface area contributed by atoms with E-state index in [1.165, 1.54) is 0 Å². The fraction of sp³-hybridized carbons (Fsp3) is 0.571. The molecule has 0 heterocycles. The molecule has 1 aromatic rings. The SMILES string of the molecule is CCC(C)(CC)Oc1ccc(C(C)O)cc1. The Kier molecular flexibility index (Phi) is 4.36. The van der Waals surface area contributed by atoms with Crippen molar-refractivity contribution in [3.8, 4) is 5.75 Å². The summed E-state index contributed by atoms with van der Waals surface area (Å²) in [7, 11) is 0. The largest absolute Gasteiger partial charge is 0.488 e. The molecule has 0 bridgehead atoms. The van der Waals surface area contributed by atoms with Gasteiger partial charge in [-0.2, -0.15) is 0 Å². The number of benzene rings is 1. The van der Waals surface area contributed by atoms with E-state index in [4.69, 9.17) is 4.74 Å². The molecule has 0 saturated heterocycles. The summed E-state index contributed by atoms with van der Waals surface area (Å²) in [5.41, 5.74) is 0.828. The molecule has 1 aromatic carbocycles. The molecule has 1 N–H and O–H groups in total. The van der Waals surface area contributed by atoms with Gasteiger partial charge in [-0.25, -0.2) is 0 Å². The molecule has 1 unspecified atom stereocenters. The number of rotatable bonds is 5. The van der Waals surface area contributed by atoms with E-state index in [-0.39, 0.29) is 5.60 Å². The summed E-state index contributed by atoms with van der Waals surface area (Å²) >= 11 is 0. The normalized spacial score (nSPS) is 13.6. The quantitative estimate of drug-likeness (QED) is 0.823. The first-order chi connectivity index (χ1) is 7.50. The van der Waals surface area contributed by atoms with Crippen LogP contribution >= 0.6 is 0 Å². The van der Waals surface area contributed by atoms with Crippen LogP contribution in [0, 0.1) is 0 Å². The lowest BCUT2D eigenvalue weighted by Gasteiger charge is -2.28. The molecule has 2 nitrogen and oxygen atoms in total. The number of hydrogen-bond acceptors (Lipinski definition) is 2. The third kappa shape index (κ3) is 3.24. The van der Waals surface area contributed by atoms with Gasteiger partial charge >= 0.3 is 0 Å². The fourth-order valence-electron chi connectivity index (χ4n) is 1.49. The van der Waals surface area contributed by atoms with Gasteiger partial charge in [0.25, 0.3) is 0 Å². The maximum atomic E-state index is 9.40. The summed E-state index contributed by atoms with van der Waals surface area (Å²) in [6, 6.07) is 7.66. The van der Waals surface area contributed by atoms with Crippen molar-refractivity contribution in [2.45, 2.75) is 52.2 Å². The minimum atomic E-state index is -0.419. The zero-order valence-corrected chi connectivity index (χ0v) is 10.7. The number of ether oxygens (including phenoxy) is 1.